The maximum Gasteiger partial charge on any atom is 0.323 e. The SMILES string of the molecule is Cc1ccc(C)c(C(=O)CC(N)C(=O)OC(C)(C)C)c1. The van der Waals surface area contributed by atoms with Gasteiger partial charge >= 0.3 is 5.97 Å². The second-order valence-corrected chi connectivity index (χ2v) is 6.09. The fourth-order valence-electron chi connectivity index (χ4n) is 1.81. The molecule has 1 rings (SSSR count). The lowest BCUT2D eigenvalue weighted by atomic mass is 9.98. The van der Waals surface area contributed by atoms with E-state index in [1.807, 2.05) is 32.0 Å². The van der Waals surface area contributed by atoms with Crippen molar-refractivity contribution in [3.8, 4) is 0 Å². The van der Waals surface area contributed by atoms with Gasteiger partial charge in [-0.25, -0.2) is 0 Å². The van der Waals surface area contributed by atoms with E-state index in [0.717, 1.165) is 11.1 Å². The lowest BCUT2D eigenvalue weighted by molar-refractivity contribution is -0.156. The predicted octanol–water partition coefficient (Wildman–Crippen LogP) is 2.55. The van der Waals surface area contributed by atoms with Crippen LogP contribution in [0.3, 0.4) is 0 Å². The van der Waals surface area contributed by atoms with Gasteiger partial charge < -0.3 is 10.5 Å². The third-order valence-electron chi connectivity index (χ3n) is 2.81. The smallest absolute Gasteiger partial charge is 0.323 e. The van der Waals surface area contributed by atoms with Gasteiger partial charge in [0.1, 0.15) is 11.6 Å². The fraction of sp³-hybridized carbons (Fsp3) is 0.500. The Morgan fingerprint density at radius 1 is 1.25 bits per heavy atom. The molecule has 1 aromatic rings. The summed E-state index contributed by atoms with van der Waals surface area (Å²) in [7, 11) is 0. The molecule has 20 heavy (non-hydrogen) atoms. The van der Waals surface area contributed by atoms with Gasteiger partial charge in [-0.15, -0.1) is 0 Å². The topological polar surface area (TPSA) is 69.4 Å². The van der Waals surface area contributed by atoms with E-state index in [2.05, 4.69) is 0 Å². The quantitative estimate of drug-likeness (QED) is 0.678. The highest BCUT2D eigenvalue weighted by Crippen LogP contribution is 2.15. The van der Waals surface area contributed by atoms with Crippen LogP contribution in [0.5, 0.6) is 0 Å². The number of rotatable bonds is 4. The molecular weight excluding hydrogens is 254 g/mol. The molecule has 2 N–H and O–H groups in total. The summed E-state index contributed by atoms with van der Waals surface area (Å²) in [6.45, 7) is 9.09. The number of hydrogen-bond acceptors (Lipinski definition) is 4. The summed E-state index contributed by atoms with van der Waals surface area (Å²) in [5, 5.41) is 0. The first-order chi connectivity index (χ1) is 9.10. The third-order valence-corrected chi connectivity index (χ3v) is 2.81. The van der Waals surface area contributed by atoms with Crippen molar-refractivity contribution in [1.82, 2.24) is 0 Å². The van der Waals surface area contributed by atoms with E-state index in [-0.39, 0.29) is 12.2 Å². The predicted molar refractivity (Wildman–Crippen MR) is 78.7 cm³/mol. The summed E-state index contributed by atoms with van der Waals surface area (Å²) in [5.41, 5.74) is 7.66. The molecule has 0 fully saturated rings. The van der Waals surface area contributed by atoms with Crippen molar-refractivity contribution in [2.24, 2.45) is 5.73 Å². The molecule has 0 radical (unpaired) electrons. The molecule has 0 bridgehead atoms. The number of aryl methyl sites for hydroxylation is 2. The minimum Gasteiger partial charge on any atom is -0.459 e. The lowest BCUT2D eigenvalue weighted by Crippen LogP contribution is -2.38. The van der Waals surface area contributed by atoms with Gasteiger partial charge in [-0.3, -0.25) is 9.59 Å². The molecule has 1 atom stereocenters. The van der Waals surface area contributed by atoms with Crippen molar-refractivity contribution in [1.29, 1.82) is 0 Å². The van der Waals surface area contributed by atoms with Crippen LogP contribution in [0.1, 0.15) is 48.7 Å². The number of esters is 1. The molecule has 0 saturated heterocycles. The van der Waals surface area contributed by atoms with Crippen molar-refractivity contribution in [2.75, 3.05) is 0 Å². The van der Waals surface area contributed by atoms with Gasteiger partial charge in [-0.1, -0.05) is 17.7 Å². The second kappa shape index (κ2) is 6.18. The van der Waals surface area contributed by atoms with Gasteiger partial charge in [0.15, 0.2) is 5.78 Å². The Hall–Kier alpha value is -1.68. The Kier molecular flexibility index (Phi) is 5.06. The van der Waals surface area contributed by atoms with Crippen LogP contribution >= 0.6 is 0 Å². The maximum atomic E-state index is 12.2. The van der Waals surface area contributed by atoms with Crippen molar-refractivity contribution >= 4 is 11.8 Å². The zero-order chi connectivity index (χ0) is 15.5. The molecule has 0 aliphatic carbocycles. The second-order valence-electron chi connectivity index (χ2n) is 6.09. The first-order valence-electron chi connectivity index (χ1n) is 6.69. The third kappa shape index (κ3) is 4.78. The minimum absolute atomic E-state index is 0.0425. The summed E-state index contributed by atoms with van der Waals surface area (Å²) in [4.78, 5) is 24.0. The van der Waals surface area contributed by atoms with Crippen LogP contribution in [-0.2, 0) is 9.53 Å². The van der Waals surface area contributed by atoms with Gasteiger partial charge in [-0.2, -0.15) is 0 Å². The summed E-state index contributed by atoms with van der Waals surface area (Å²) in [6.07, 6.45) is -0.0425. The highest BCUT2D eigenvalue weighted by Gasteiger charge is 2.25. The van der Waals surface area contributed by atoms with E-state index in [9.17, 15) is 9.59 Å². The van der Waals surface area contributed by atoms with E-state index >= 15 is 0 Å². The molecule has 0 spiro atoms. The molecule has 1 unspecified atom stereocenters. The van der Waals surface area contributed by atoms with Crippen LogP contribution in [0.25, 0.3) is 0 Å². The summed E-state index contributed by atoms with van der Waals surface area (Å²) >= 11 is 0. The number of benzene rings is 1. The van der Waals surface area contributed by atoms with Gasteiger partial charge in [0.2, 0.25) is 0 Å². The number of ketones is 1. The molecule has 1 aromatic carbocycles. The number of carbonyl (C=O) groups is 2. The summed E-state index contributed by atoms with van der Waals surface area (Å²) in [5.74, 6) is -0.680. The molecule has 0 amide bonds. The van der Waals surface area contributed by atoms with Crippen molar-refractivity contribution < 1.29 is 14.3 Å². The number of carbonyl (C=O) groups excluding carboxylic acids is 2. The normalized spacial score (nSPS) is 12.9. The highest BCUT2D eigenvalue weighted by atomic mass is 16.6. The molecule has 110 valence electrons. The van der Waals surface area contributed by atoms with Crippen LogP contribution in [0, 0.1) is 13.8 Å². The number of Topliss-reactive ketones (excluding diaryl/α,β-unsaturated/α-hetero) is 1. The van der Waals surface area contributed by atoms with E-state index < -0.39 is 17.6 Å². The molecular formula is C16H23NO3. The van der Waals surface area contributed by atoms with E-state index in [1.165, 1.54) is 0 Å². The molecule has 0 saturated carbocycles. The first-order valence-corrected chi connectivity index (χ1v) is 6.69. The molecule has 0 aliphatic heterocycles. The fourth-order valence-corrected chi connectivity index (χ4v) is 1.81. The first kappa shape index (κ1) is 16.4. The summed E-state index contributed by atoms with van der Waals surface area (Å²) in [6, 6.07) is 4.72. The van der Waals surface area contributed by atoms with Crippen molar-refractivity contribution in [2.45, 2.75) is 52.7 Å². The van der Waals surface area contributed by atoms with Crippen LogP contribution in [-0.4, -0.2) is 23.4 Å². The minimum atomic E-state index is -0.929. The Morgan fingerprint density at radius 2 is 1.85 bits per heavy atom. The molecule has 0 aromatic heterocycles. The van der Waals surface area contributed by atoms with Gasteiger partial charge in [0, 0.05) is 12.0 Å². The Balaban J connectivity index is 2.75. The highest BCUT2D eigenvalue weighted by molar-refractivity contribution is 6.00. The Morgan fingerprint density at radius 3 is 2.40 bits per heavy atom. The van der Waals surface area contributed by atoms with E-state index in [1.54, 1.807) is 20.8 Å². The zero-order valence-electron chi connectivity index (χ0n) is 12.8. The molecule has 4 nitrogen and oxygen atoms in total. The average Bonchev–Trinajstić information content (AvgIpc) is 2.29. The van der Waals surface area contributed by atoms with Crippen LogP contribution in [0.2, 0.25) is 0 Å². The number of hydrogen-bond donors (Lipinski definition) is 1. The van der Waals surface area contributed by atoms with Gasteiger partial charge in [0.05, 0.1) is 0 Å². The van der Waals surface area contributed by atoms with Gasteiger partial charge in [-0.05, 0) is 46.2 Å². The maximum absolute atomic E-state index is 12.2. The Labute approximate surface area is 120 Å². The number of ether oxygens (including phenoxy) is 1. The largest absolute Gasteiger partial charge is 0.459 e. The van der Waals surface area contributed by atoms with E-state index in [0.29, 0.717) is 5.56 Å². The van der Waals surface area contributed by atoms with Crippen molar-refractivity contribution in [3.63, 3.8) is 0 Å². The van der Waals surface area contributed by atoms with Crippen LogP contribution < -0.4 is 5.73 Å². The number of nitrogens with two attached hydrogens (primary N) is 1. The molecule has 0 heterocycles. The standard InChI is InChI=1S/C16H23NO3/c1-10-6-7-11(2)12(8-10)14(18)9-13(17)15(19)20-16(3,4)5/h6-8,13H,9,17H2,1-5H3. The Bertz CT molecular complexity index is 515. The van der Waals surface area contributed by atoms with Crippen LogP contribution in [0.4, 0.5) is 0 Å². The molecule has 4 heteroatoms. The molecule has 0 aliphatic rings. The average molecular weight is 277 g/mol. The zero-order valence-corrected chi connectivity index (χ0v) is 12.8. The van der Waals surface area contributed by atoms with Gasteiger partial charge in [0.25, 0.3) is 0 Å². The lowest BCUT2D eigenvalue weighted by Gasteiger charge is -2.22. The summed E-state index contributed by atoms with van der Waals surface area (Å²) < 4.78 is 5.17. The van der Waals surface area contributed by atoms with E-state index in [4.69, 9.17) is 10.5 Å². The van der Waals surface area contributed by atoms with Crippen LogP contribution in [0.15, 0.2) is 18.2 Å². The monoisotopic (exact) mass is 277 g/mol. The van der Waals surface area contributed by atoms with Crippen molar-refractivity contribution in [3.05, 3.63) is 34.9 Å².